The third-order valence-corrected chi connectivity index (χ3v) is 1.87. The van der Waals surface area contributed by atoms with E-state index in [1.165, 1.54) is 0 Å². The molecule has 1 aromatic carbocycles. The zero-order chi connectivity index (χ0) is 10.3. The molecule has 1 aromatic heterocycles. The minimum atomic E-state index is 0.828. The van der Waals surface area contributed by atoms with Crippen LogP contribution >= 0.6 is 0 Å². The number of hydrogen-bond donors (Lipinski definition) is 0. The van der Waals surface area contributed by atoms with Crippen LogP contribution < -0.4 is 0 Å². The lowest BCUT2D eigenvalue weighted by Gasteiger charge is -1.88. The standard InChI is InChI=1S/C13H11NO/c1-2-6-12(7-3-1)14-10-4-8-13-9-5-11-15-13/h1-11H/b8-4+,14-10?. The van der Waals surface area contributed by atoms with E-state index in [1.54, 1.807) is 12.5 Å². The van der Waals surface area contributed by atoms with Gasteiger partial charge in [-0.3, -0.25) is 4.99 Å². The van der Waals surface area contributed by atoms with Crippen LogP contribution in [0.15, 0.2) is 64.2 Å². The van der Waals surface area contributed by atoms with E-state index < -0.39 is 0 Å². The first kappa shape index (κ1) is 9.46. The van der Waals surface area contributed by atoms with Crippen molar-refractivity contribution in [3.63, 3.8) is 0 Å². The lowest BCUT2D eigenvalue weighted by molar-refractivity contribution is 0.557. The van der Waals surface area contributed by atoms with Gasteiger partial charge in [-0.25, -0.2) is 0 Å². The number of benzene rings is 1. The molecule has 0 saturated carbocycles. The van der Waals surface area contributed by atoms with E-state index in [9.17, 15) is 0 Å². The molecule has 0 aliphatic carbocycles. The van der Waals surface area contributed by atoms with E-state index in [1.807, 2.05) is 54.6 Å². The highest BCUT2D eigenvalue weighted by Crippen LogP contribution is 2.08. The molecule has 15 heavy (non-hydrogen) atoms. The normalized spacial score (nSPS) is 11.5. The molecule has 0 amide bonds. The van der Waals surface area contributed by atoms with Gasteiger partial charge in [-0.15, -0.1) is 0 Å². The van der Waals surface area contributed by atoms with Crippen LogP contribution in [0.3, 0.4) is 0 Å². The maximum absolute atomic E-state index is 5.14. The highest BCUT2D eigenvalue weighted by atomic mass is 16.3. The van der Waals surface area contributed by atoms with Gasteiger partial charge >= 0.3 is 0 Å². The third kappa shape index (κ3) is 2.95. The first-order valence-corrected chi connectivity index (χ1v) is 4.74. The fourth-order valence-corrected chi connectivity index (χ4v) is 1.17. The Balaban J connectivity index is 1.96. The second-order valence-corrected chi connectivity index (χ2v) is 2.99. The summed E-state index contributed by atoms with van der Waals surface area (Å²) >= 11 is 0. The van der Waals surface area contributed by atoms with Gasteiger partial charge in [-0.05, 0) is 36.4 Å². The summed E-state index contributed by atoms with van der Waals surface area (Å²) in [5.41, 5.74) is 0.946. The highest BCUT2D eigenvalue weighted by Gasteiger charge is 1.84. The fraction of sp³-hybridized carbons (Fsp3) is 0. The summed E-state index contributed by atoms with van der Waals surface area (Å²) < 4.78 is 5.14. The maximum atomic E-state index is 5.14. The van der Waals surface area contributed by atoms with Crippen molar-refractivity contribution in [2.45, 2.75) is 0 Å². The number of allylic oxidation sites excluding steroid dienone is 1. The third-order valence-electron chi connectivity index (χ3n) is 1.87. The van der Waals surface area contributed by atoms with Crippen LogP contribution in [0.5, 0.6) is 0 Å². The first-order chi connectivity index (χ1) is 7.45. The molecule has 1 heterocycles. The van der Waals surface area contributed by atoms with Crippen molar-refractivity contribution in [2.24, 2.45) is 4.99 Å². The van der Waals surface area contributed by atoms with Gasteiger partial charge in [0.2, 0.25) is 0 Å². The molecule has 0 unspecified atom stereocenters. The average Bonchev–Trinajstić information content (AvgIpc) is 2.79. The zero-order valence-corrected chi connectivity index (χ0v) is 8.21. The fourth-order valence-electron chi connectivity index (χ4n) is 1.17. The second-order valence-electron chi connectivity index (χ2n) is 2.99. The van der Waals surface area contributed by atoms with E-state index >= 15 is 0 Å². The van der Waals surface area contributed by atoms with Crippen LogP contribution in [0.25, 0.3) is 6.08 Å². The number of hydrogen-bond acceptors (Lipinski definition) is 2. The van der Waals surface area contributed by atoms with E-state index in [2.05, 4.69) is 4.99 Å². The molecule has 0 atom stereocenters. The molecule has 2 nitrogen and oxygen atoms in total. The number of rotatable bonds is 3. The highest BCUT2D eigenvalue weighted by molar-refractivity contribution is 5.79. The van der Waals surface area contributed by atoms with Crippen LogP contribution in [0, 0.1) is 0 Å². The SMILES string of the molecule is C(/C=C/c1ccco1)=Nc1ccccc1. The van der Waals surface area contributed by atoms with Crippen molar-refractivity contribution in [1.82, 2.24) is 0 Å². The van der Waals surface area contributed by atoms with Crippen LogP contribution in [0.2, 0.25) is 0 Å². The lowest BCUT2D eigenvalue weighted by atomic mass is 10.3. The lowest BCUT2D eigenvalue weighted by Crippen LogP contribution is -1.66. The molecule has 0 saturated heterocycles. The zero-order valence-electron chi connectivity index (χ0n) is 8.21. The van der Waals surface area contributed by atoms with Crippen LogP contribution in [0.1, 0.15) is 5.76 Å². The van der Waals surface area contributed by atoms with Crippen molar-refractivity contribution in [1.29, 1.82) is 0 Å². The van der Waals surface area contributed by atoms with Crippen molar-refractivity contribution in [3.05, 3.63) is 60.6 Å². The Hall–Kier alpha value is -2.09. The van der Waals surface area contributed by atoms with Crippen LogP contribution in [0.4, 0.5) is 5.69 Å². The van der Waals surface area contributed by atoms with E-state index in [0.29, 0.717) is 0 Å². The molecule has 0 aliphatic heterocycles. The summed E-state index contributed by atoms with van der Waals surface area (Å²) in [4.78, 5) is 4.25. The minimum absolute atomic E-state index is 0.828. The Labute approximate surface area is 88.6 Å². The van der Waals surface area contributed by atoms with Gasteiger partial charge < -0.3 is 4.42 Å². The molecule has 2 rings (SSSR count). The monoisotopic (exact) mass is 197 g/mol. The minimum Gasteiger partial charge on any atom is -0.465 e. The molecule has 2 aromatic rings. The Morgan fingerprint density at radius 3 is 2.60 bits per heavy atom. The predicted octanol–water partition coefficient (Wildman–Crippen LogP) is 3.70. The van der Waals surface area contributed by atoms with Gasteiger partial charge in [-0.2, -0.15) is 0 Å². The molecular weight excluding hydrogens is 186 g/mol. The van der Waals surface area contributed by atoms with Crippen LogP contribution in [-0.4, -0.2) is 6.21 Å². The molecule has 0 spiro atoms. The van der Waals surface area contributed by atoms with Gasteiger partial charge in [0, 0.05) is 6.21 Å². The molecule has 0 bridgehead atoms. The molecule has 0 radical (unpaired) electrons. The number of para-hydroxylation sites is 1. The Kier molecular flexibility index (Phi) is 3.13. The average molecular weight is 197 g/mol. The van der Waals surface area contributed by atoms with Crippen molar-refractivity contribution < 1.29 is 4.42 Å². The van der Waals surface area contributed by atoms with Gasteiger partial charge in [-0.1, -0.05) is 18.2 Å². The summed E-state index contributed by atoms with van der Waals surface area (Å²) in [5.74, 6) is 0.828. The van der Waals surface area contributed by atoms with Crippen molar-refractivity contribution >= 4 is 18.0 Å². The summed E-state index contributed by atoms with van der Waals surface area (Å²) in [7, 11) is 0. The number of aliphatic imine (C=N–C) groups is 1. The summed E-state index contributed by atoms with van der Waals surface area (Å²) in [6.45, 7) is 0. The molecule has 0 fully saturated rings. The molecule has 0 N–H and O–H groups in total. The van der Waals surface area contributed by atoms with Gasteiger partial charge in [0.05, 0.1) is 12.0 Å². The van der Waals surface area contributed by atoms with E-state index in [0.717, 1.165) is 11.4 Å². The summed E-state index contributed by atoms with van der Waals surface area (Å²) in [5, 5.41) is 0. The first-order valence-electron chi connectivity index (χ1n) is 4.74. The smallest absolute Gasteiger partial charge is 0.126 e. The van der Waals surface area contributed by atoms with Crippen molar-refractivity contribution in [2.75, 3.05) is 0 Å². The van der Waals surface area contributed by atoms with E-state index in [-0.39, 0.29) is 0 Å². The quantitative estimate of drug-likeness (QED) is 0.689. The number of furan rings is 1. The molecule has 0 aliphatic rings. The van der Waals surface area contributed by atoms with Crippen LogP contribution in [-0.2, 0) is 0 Å². The number of nitrogens with zero attached hydrogens (tertiary/aromatic N) is 1. The predicted molar refractivity (Wildman–Crippen MR) is 62.3 cm³/mol. The van der Waals surface area contributed by atoms with Crippen molar-refractivity contribution in [3.8, 4) is 0 Å². The van der Waals surface area contributed by atoms with Gasteiger partial charge in [0.15, 0.2) is 0 Å². The van der Waals surface area contributed by atoms with Gasteiger partial charge in [0.25, 0.3) is 0 Å². The molecule has 74 valence electrons. The Bertz CT molecular complexity index is 441. The topological polar surface area (TPSA) is 25.5 Å². The van der Waals surface area contributed by atoms with E-state index in [4.69, 9.17) is 4.42 Å². The summed E-state index contributed by atoms with van der Waals surface area (Å²) in [6, 6.07) is 13.6. The Morgan fingerprint density at radius 2 is 1.87 bits per heavy atom. The maximum Gasteiger partial charge on any atom is 0.126 e. The summed E-state index contributed by atoms with van der Waals surface area (Å²) in [6.07, 6.45) is 7.12. The largest absolute Gasteiger partial charge is 0.465 e. The second kappa shape index (κ2) is 4.96. The Morgan fingerprint density at radius 1 is 1.00 bits per heavy atom. The van der Waals surface area contributed by atoms with Gasteiger partial charge in [0.1, 0.15) is 5.76 Å². The molecular formula is C13H11NO. The molecule has 2 heteroatoms.